The summed E-state index contributed by atoms with van der Waals surface area (Å²) in [6.07, 6.45) is 10.8. The number of hydrogen-bond donors (Lipinski definition) is 1. The molecule has 1 aromatic rings. The molecule has 1 aliphatic carbocycles. The van der Waals surface area contributed by atoms with Gasteiger partial charge in [-0.3, -0.25) is 9.97 Å². The summed E-state index contributed by atoms with van der Waals surface area (Å²) in [6.45, 7) is 4.32. The number of hydrogen-bond acceptors (Lipinski definition) is 3. The molecule has 0 radical (unpaired) electrons. The van der Waals surface area contributed by atoms with Crippen LogP contribution in [-0.2, 0) is 6.54 Å². The maximum absolute atomic E-state index is 4.24. The Kier molecular flexibility index (Phi) is 3.31. The Labute approximate surface area is 91.3 Å². The van der Waals surface area contributed by atoms with Crippen LogP contribution in [0, 0.1) is 5.41 Å². The molecule has 3 nitrogen and oxygen atoms in total. The van der Waals surface area contributed by atoms with E-state index in [2.05, 4.69) is 22.2 Å². The van der Waals surface area contributed by atoms with E-state index in [9.17, 15) is 0 Å². The molecule has 0 unspecified atom stereocenters. The van der Waals surface area contributed by atoms with Crippen LogP contribution in [0.25, 0.3) is 0 Å². The van der Waals surface area contributed by atoms with Crippen molar-refractivity contribution >= 4 is 0 Å². The van der Waals surface area contributed by atoms with Crippen LogP contribution in [0.5, 0.6) is 0 Å². The van der Waals surface area contributed by atoms with Gasteiger partial charge < -0.3 is 5.32 Å². The van der Waals surface area contributed by atoms with E-state index in [-0.39, 0.29) is 0 Å². The van der Waals surface area contributed by atoms with Gasteiger partial charge in [0.15, 0.2) is 0 Å². The predicted octanol–water partition coefficient (Wildman–Crippen LogP) is 2.15. The van der Waals surface area contributed by atoms with Gasteiger partial charge in [0.25, 0.3) is 0 Å². The van der Waals surface area contributed by atoms with E-state index >= 15 is 0 Å². The van der Waals surface area contributed by atoms with Crippen LogP contribution in [-0.4, -0.2) is 16.5 Å². The zero-order valence-corrected chi connectivity index (χ0v) is 9.37. The molecule has 15 heavy (non-hydrogen) atoms. The maximum atomic E-state index is 4.24. The van der Waals surface area contributed by atoms with Crippen LogP contribution in [0.2, 0.25) is 0 Å². The average molecular weight is 205 g/mol. The quantitative estimate of drug-likeness (QED) is 0.818. The summed E-state index contributed by atoms with van der Waals surface area (Å²) < 4.78 is 0. The zero-order valence-electron chi connectivity index (χ0n) is 9.37. The van der Waals surface area contributed by atoms with E-state index in [0.717, 1.165) is 18.8 Å². The molecule has 0 amide bonds. The monoisotopic (exact) mass is 205 g/mol. The first-order chi connectivity index (χ1) is 7.29. The van der Waals surface area contributed by atoms with Gasteiger partial charge in [0.1, 0.15) is 0 Å². The molecule has 0 aromatic carbocycles. The van der Waals surface area contributed by atoms with Gasteiger partial charge in [0.2, 0.25) is 0 Å². The summed E-state index contributed by atoms with van der Waals surface area (Å²) in [7, 11) is 0. The van der Waals surface area contributed by atoms with Gasteiger partial charge in [-0.1, -0.05) is 19.8 Å². The lowest BCUT2D eigenvalue weighted by molar-refractivity contribution is 0.314. The Hall–Kier alpha value is -0.960. The predicted molar refractivity (Wildman–Crippen MR) is 60.3 cm³/mol. The average Bonchev–Trinajstić information content (AvgIpc) is 2.67. The molecule has 0 saturated heterocycles. The third kappa shape index (κ3) is 2.99. The van der Waals surface area contributed by atoms with Gasteiger partial charge in [-0.25, -0.2) is 0 Å². The van der Waals surface area contributed by atoms with Gasteiger partial charge in [0.05, 0.1) is 5.69 Å². The van der Waals surface area contributed by atoms with E-state index < -0.39 is 0 Å². The lowest BCUT2D eigenvalue weighted by Gasteiger charge is -2.23. The van der Waals surface area contributed by atoms with Crippen molar-refractivity contribution in [1.82, 2.24) is 15.3 Å². The van der Waals surface area contributed by atoms with Crippen molar-refractivity contribution in [1.29, 1.82) is 0 Å². The Morgan fingerprint density at radius 3 is 2.80 bits per heavy atom. The largest absolute Gasteiger partial charge is 0.311 e. The summed E-state index contributed by atoms with van der Waals surface area (Å²) in [5, 5.41) is 3.48. The molecule has 1 saturated carbocycles. The summed E-state index contributed by atoms with van der Waals surface area (Å²) in [5.74, 6) is 0. The van der Waals surface area contributed by atoms with Crippen molar-refractivity contribution in [2.45, 2.75) is 39.2 Å². The van der Waals surface area contributed by atoms with E-state index in [1.54, 1.807) is 12.4 Å². The van der Waals surface area contributed by atoms with Crippen molar-refractivity contribution in [3.63, 3.8) is 0 Å². The third-order valence-electron chi connectivity index (χ3n) is 3.29. The zero-order chi connectivity index (χ0) is 10.6. The second-order valence-electron chi connectivity index (χ2n) is 4.82. The van der Waals surface area contributed by atoms with Crippen molar-refractivity contribution < 1.29 is 0 Å². The Balaban J connectivity index is 1.75. The molecule has 1 N–H and O–H groups in total. The highest BCUT2D eigenvalue weighted by Gasteiger charge is 2.27. The van der Waals surface area contributed by atoms with E-state index in [1.165, 1.54) is 25.7 Å². The van der Waals surface area contributed by atoms with Gasteiger partial charge in [-0.05, 0) is 18.3 Å². The SMILES string of the molecule is CC1(CNCc2cnccn2)CCCC1. The fourth-order valence-corrected chi connectivity index (χ4v) is 2.32. The Bertz CT molecular complexity index is 291. The molecule has 1 aromatic heterocycles. The van der Waals surface area contributed by atoms with Crippen LogP contribution in [0.4, 0.5) is 0 Å². The highest BCUT2D eigenvalue weighted by atomic mass is 14.9. The number of nitrogens with one attached hydrogen (secondary N) is 1. The van der Waals surface area contributed by atoms with Crippen LogP contribution < -0.4 is 5.32 Å². The smallest absolute Gasteiger partial charge is 0.0724 e. The molecule has 3 heteroatoms. The third-order valence-corrected chi connectivity index (χ3v) is 3.29. The minimum Gasteiger partial charge on any atom is -0.311 e. The van der Waals surface area contributed by atoms with E-state index in [1.807, 2.05) is 6.20 Å². The summed E-state index contributed by atoms with van der Waals surface area (Å²) in [5.41, 5.74) is 1.54. The molecule has 0 bridgehead atoms. The van der Waals surface area contributed by atoms with Crippen LogP contribution in [0.1, 0.15) is 38.3 Å². The Morgan fingerprint density at radius 2 is 2.13 bits per heavy atom. The molecular formula is C12H19N3. The second-order valence-corrected chi connectivity index (χ2v) is 4.82. The topological polar surface area (TPSA) is 37.8 Å². The van der Waals surface area contributed by atoms with Gasteiger partial charge in [0, 0.05) is 31.7 Å². The minimum absolute atomic E-state index is 0.516. The molecular weight excluding hydrogens is 186 g/mol. The fraction of sp³-hybridized carbons (Fsp3) is 0.667. The van der Waals surface area contributed by atoms with Crippen molar-refractivity contribution in [2.75, 3.05) is 6.54 Å². The summed E-state index contributed by atoms with van der Waals surface area (Å²) >= 11 is 0. The second kappa shape index (κ2) is 4.71. The first-order valence-corrected chi connectivity index (χ1v) is 5.74. The lowest BCUT2D eigenvalue weighted by atomic mass is 9.89. The molecule has 0 aliphatic heterocycles. The summed E-state index contributed by atoms with van der Waals surface area (Å²) in [6, 6.07) is 0. The van der Waals surface area contributed by atoms with Gasteiger partial charge in [-0.2, -0.15) is 0 Å². The molecule has 2 rings (SSSR count). The molecule has 0 atom stereocenters. The minimum atomic E-state index is 0.516. The maximum Gasteiger partial charge on any atom is 0.0724 e. The van der Waals surface area contributed by atoms with Crippen molar-refractivity contribution in [2.24, 2.45) is 5.41 Å². The lowest BCUT2D eigenvalue weighted by Crippen LogP contribution is -2.29. The standard InChI is InChI=1S/C12H19N3/c1-12(4-2-3-5-12)10-14-9-11-8-13-6-7-15-11/h6-8,14H,2-5,9-10H2,1H3. The first kappa shape index (κ1) is 10.6. The van der Waals surface area contributed by atoms with Crippen LogP contribution >= 0.6 is 0 Å². The molecule has 0 spiro atoms. The van der Waals surface area contributed by atoms with Crippen molar-refractivity contribution in [3.8, 4) is 0 Å². The normalized spacial score (nSPS) is 19.3. The molecule has 1 fully saturated rings. The fourth-order valence-electron chi connectivity index (χ4n) is 2.32. The molecule has 1 aliphatic rings. The number of aromatic nitrogens is 2. The van der Waals surface area contributed by atoms with Crippen molar-refractivity contribution in [3.05, 3.63) is 24.3 Å². The number of rotatable bonds is 4. The molecule has 82 valence electrons. The summed E-state index contributed by atoms with van der Waals surface area (Å²) in [4.78, 5) is 8.29. The first-order valence-electron chi connectivity index (χ1n) is 5.74. The van der Waals surface area contributed by atoms with Gasteiger partial charge in [-0.15, -0.1) is 0 Å². The van der Waals surface area contributed by atoms with Crippen LogP contribution in [0.3, 0.4) is 0 Å². The number of nitrogens with zero attached hydrogens (tertiary/aromatic N) is 2. The van der Waals surface area contributed by atoms with Gasteiger partial charge >= 0.3 is 0 Å². The Morgan fingerprint density at radius 1 is 1.33 bits per heavy atom. The van der Waals surface area contributed by atoms with E-state index in [4.69, 9.17) is 0 Å². The van der Waals surface area contributed by atoms with Crippen LogP contribution in [0.15, 0.2) is 18.6 Å². The highest BCUT2D eigenvalue weighted by molar-refractivity contribution is 4.94. The van der Waals surface area contributed by atoms with E-state index in [0.29, 0.717) is 5.41 Å². The highest BCUT2D eigenvalue weighted by Crippen LogP contribution is 2.36. The molecule has 1 heterocycles.